The van der Waals surface area contributed by atoms with Gasteiger partial charge in [-0.25, -0.2) is 0 Å². The highest BCUT2D eigenvalue weighted by molar-refractivity contribution is 5.87. The molecular weight excluding hydrogens is 304 g/mol. The molecule has 3 N–H and O–H groups in total. The highest BCUT2D eigenvalue weighted by Gasteiger charge is 2.32. The van der Waals surface area contributed by atoms with Gasteiger partial charge in [0.2, 0.25) is 11.8 Å². The first-order valence-electron chi connectivity index (χ1n) is 8.38. The lowest BCUT2D eigenvalue weighted by Gasteiger charge is -2.38. The summed E-state index contributed by atoms with van der Waals surface area (Å²) in [6.07, 6.45) is 4.05. The van der Waals surface area contributed by atoms with Crippen molar-refractivity contribution in [1.82, 2.24) is 14.8 Å². The van der Waals surface area contributed by atoms with Gasteiger partial charge in [-0.05, 0) is 31.5 Å². The third-order valence-corrected chi connectivity index (χ3v) is 4.74. The highest BCUT2D eigenvalue weighted by atomic mass is 16.2. The number of piperazine rings is 1. The number of hydrogen-bond acceptors (Lipinski definition) is 3. The molecule has 0 bridgehead atoms. The van der Waals surface area contributed by atoms with Crippen LogP contribution in [0.25, 0.3) is 10.9 Å². The lowest BCUT2D eigenvalue weighted by Crippen LogP contribution is -2.59. The SMILES string of the molecule is CN1CCN(C(=O)CCCc2c[nH]c3ccccc23)C(C(N)=O)C1. The second-order valence-corrected chi connectivity index (χ2v) is 6.48. The quantitative estimate of drug-likeness (QED) is 0.863. The number of nitrogens with one attached hydrogen (secondary N) is 1. The van der Waals surface area contributed by atoms with Crippen LogP contribution >= 0.6 is 0 Å². The molecule has 0 spiro atoms. The van der Waals surface area contributed by atoms with E-state index in [1.54, 1.807) is 4.90 Å². The predicted octanol–water partition coefficient (Wildman–Crippen LogP) is 1.12. The van der Waals surface area contributed by atoms with Gasteiger partial charge in [0.15, 0.2) is 0 Å². The van der Waals surface area contributed by atoms with Crippen molar-refractivity contribution in [2.75, 3.05) is 26.7 Å². The normalized spacial score (nSPS) is 18.9. The Morgan fingerprint density at radius 1 is 1.29 bits per heavy atom. The van der Waals surface area contributed by atoms with Gasteiger partial charge in [-0.15, -0.1) is 0 Å². The molecule has 3 rings (SSSR count). The molecule has 1 aliphatic heterocycles. The Labute approximate surface area is 141 Å². The maximum atomic E-state index is 12.5. The third-order valence-electron chi connectivity index (χ3n) is 4.74. The summed E-state index contributed by atoms with van der Waals surface area (Å²) >= 11 is 0. The van der Waals surface area contributed by atoms with Crippen molar-refractivity contribution >= 4 is 22.7 Å². The van der Waals surface area contributed by atoms with Crippen LogP contribution in [0.1, 0.15) is 18.4 Å². The molecule has 1 unspecified atom stereocenters. The van der Waals surface area contributed by atoms with Gasteiger partial charge in [-0.1, -0.05) is 18.2 Å². The second kappa shape index (κ2) is 7.05. The van der Waals surface area contributed by atoms with Crippen LogP contribution in [0.2, 0.25) is 0 Å². The van der Waals surface area contributed by atoms with E-state index in [-0.39, 0.29) is 5.91 Å². The summed E-state index contributed by atoms with van der Waals surface area (Å²) in [6, 6.07) is 7.65. The minimum Gasteiger partial charge on any atom is -0.368 e. The maximum absolute atomic E-state index is 12.5. The number of aromatic nitrogens is 1. The van der Waals surface area contributed by atoms with E-state index in [9.17, 15) is 9.59 Å². The van der Waals surface area contributed by atoms with Crippen molar-refractivity contribution in [3.8, 4) is 0 Å². The van der Waals surface area contributed by atoms with Crippen molar-refractivity contribution in [3.05, 3.63) is 36.0 Å². The number of benzene rings is 1. The van der Waals surface area contributed by atoms with E-state index in [0.29, 0.717) is 19.5 Å². The number of hydrogen-bond donors (Lipinski definition) is 2. The minimum atomic E-state index is -0.510. The van der Waals surface area contributed by atoms with E-state index >= 15 is 0 Å². The Morgan fingerprint density at radius 2 is 2.08 bits per heavy atom. The molecule has 1 atom stereocenters. The number of rotatable bonds is 5. The van der Waals surface area contributed by atoms with E-state index < -0.39 is 11.9 Å². The van der Waals surface area contributed by atoms with E-state index in [2.05, 4.69) is 11.1 Å². The number of amides is 2. The van der Waals surface area contributed by atoms with Crippen LogP contribution in [-0.4, -0.2) is 59.3 Å². The van der Waals surface area contributed by atoms with Crippen LogP contribution in [0.4, 0.5) is 0 Å². The number of fused-ring (bicyclic) bond motifs is 1. The van der Waals surface area contributed by atoms with Crippen molar-refractivity contribution in [2.45, 2.75) is 25.3 Å². The van der Waals surface area contributed by atoms with Crippen LogP contribution < -0.4 is 5.73 Å². The Balaban J connectivity index is 1.58. The minimum absolute atomic E-state index is 0.0201. The van der Waals surface area contributed by atoms with Crippen LogP contribution in [0.5, 0.6) is 0 Å². The number of likely N-dealkylation sites (N-methyl/N-ethyl adjacent to an activating group) is 1. The molecule has 6 heteroatoms. The third kappa shape index (κ3) is 3.43. The number of primary amides is 1. The first kappa shape index (κ1) is 16.5. The first-order chi connectivity index (χ1) is 11.6. The van der Waals surface area contributed by atoms with Crippen molar-refractivity contribution < 1.29 is 9.59 Å². The molecule has 1 fully saturated rings. The standard InChI is InChI=1S/C18H24N4O2/c1-21-9-10-22(16(12-21)18(19)24)17(23)8-4-5-13-11-20-15-7-3-2-6-14(13)15/h2-3,6-7,11,16,20H,4-5,8-10,12H2,1H3,(H2,19,24). The summed E-state index contributed by atoms with van der Waals surface area (Å²) in [5.41, 5.74) is 7.80. The summed E-state index contributed by atoms with van der Waals surface area (Å²) in [5, 5.41) is 1.21. The smallest absolute Gasteiger partial charge is 0.241 e. The molecule has 6 nitrogen and oxygen atoms in total. The fraction of sp³-hybridized carbons (Fsp3) is 0.444. The molecule has 0 aliphatic carbocycles. The zero-order valence-corrected chi connectivity index (χ0v) is 14.0. The van der Waals surface area contributed by atoms with Gasteiger partial charge < -0.3 is 20.5 Å². The fourth-order valence-electron chi connectivity index (χ4n) is 3.37. The Kier molecular flexibility index (Phi) is 4.85. The number of nitrogens with zero attached hydrogens (tertiary/aromatic N) is 2. The molecule has 2 aromatic rings. The van der Waals surface area contributed by atoms with Crippen LogP contribution in [0.15, 0.2) is 30.5 Å². The first-order valence-corrected chi connectivity index (χ1v) is 8.38. The highest BCUT2D eigenvalue weighted by Crippen LogP contribution is 2.20. The fourth-order valence-corrected chi connectivity index (χ4v) is 3.37. The predicted molar refractivity (Wildman–Crippen MR) is 93.4 cm³/mol. The Bertz CT molecular complexity index is 739. The van der Waals surface area contributed by atoms with Gasteiger partial charge >= 0.3 is 0 Å². The summed E-state index contributed by atoms with van der Waals surface area (Å²) in [6.45, 7) is 1.86. The molecule has 2 heterocycles. The van der Waals surface area contributed by atoms with Crippen LogP contribution in [-0.2, 0) is 16.0 Å². The number of para-hydroxylation sites is 1. The molecule has 1 saturated heterocycles. The zero-order chi connectivity index (χ0) is 17.1. The molecule has 24 heavy (non-hydrogen) atoms. The summed E-state index contributed by atoms with van der Waals surface area (Å²) in [7, 11) is 1.94. The number of aryl methyl sites for hydroxylation is 1. The van der Waals surface area contributed by atoms with Crippen LogP contribution in [0, 0.1) is 0 Å². The van der Waals surface area contributed by atoms with Gasteiger partial charge in [0, 0.05) is 43.2 Å². The summed E-state index contributed by atoms with van der Waals surface area (Å²) in [5.74, 6) is -0.404. The summed E-state index contributed by atoms with van der Waals surface area (Å²) in [4.78, 5) is 31.1. The molecule has 1 aliphatic rings. The molecule has 2 amide bonds. The lowest BCUT2D eigenvalue weighted by atomic mass is 10.1. The van der Waals surface area contributed by atoms with Gasteiger partial charge in [-0.3, -0.25) is 9.59 Å². The Hall–Kier alpha value is -2.34. The Morgan fingerprint density at radius 3 is 2.88 bits per heavy atom. The molecule has 1 aromatic heterocycles. The number of aromatic amines is 1. The van der Waals surface area contributed by atoms with Gasteiger partial charge in [-0.2, -0.15) is 0 Å². The number of H-pyrrole nitrogens is 1. The van der Waals surface area contributed by atoms with Gasteiger partial charge in [0.1, 0.15) is 6.04 Å². The number of carbonyl (C=O) groups is 2. The monoisotopic (exact) mass is 328 g/mol. The maximum Gasteiger partial charge on any atom is 0.241 e. The molecule has 128 valence electrons. The van der Waals surface area contributed by atoms with E-state index in [4.69, 9.17) is 5.73 Å². The molecule has 1 aromatic carbocycles. The molecule has 0 saturated carbocycles. The van der Waals surface area contributed by atoms with Gasteiger partial charge in [0.25, 0.3) is 0 Å². The molecular formula is C18H24N4O2. The average molecular weight is 328 g/mol. The number of nitrogens with two attached hydrogens (primary N) is 1. The van der Waals surface area contributed by atoms with Crippen LogP contribution in [0.3, 0.4) is 0 Å². The van der Waals surface area contributed by atoms with Crippen molar-refractivity contribution in [2.24, 2.45) is 5.73 Å². The largest absolute Gasteiger partial charge is 0.368 e. The molecule has 0 radical (unpaired) electrons. The average Bonchev–Trinajstić information content (AvgIpc) is 2.98. The number of carbonyl (C=O) groups excluding carboxylic acids is 2. The van der Waals surface area contributed by atoms with Gasteiger partial charge in [0.05, 0.1) is 0 Å². The second-order valence-electron chi connectivity index (χ2n) is 6.48. The van der Waals surface area contributed by atoms with E-state index in [1.165, 1.54) is 10.9 Å². The topological polar surface area (TPSA) is 82.4 Å². The lowest BCUT2D eigenvalue weighted by molar-refractivity contribution is -0.142. The summed E-state index contributed by atoms with van der Waals surface area (Å²) < 4.78 is 0. The van der Waals surface area contributed by atoms with Crippen molar-refractivity contribution in [3.63, 3.8) is 0 Å². The van der Waals surface area contributed by atoms with E-state index in [1.807, 2.05) is 36.3 Å². The zero-order valence-electron chi connectivity index (χ0n) is 14.0. The van der Waals surface area contributed by atoms with E-state index in [0.717, 1.165) is 24.9 Å². The van der Waals surface area contributed by atoms with Crippen molar-refractivity contribution in [1.29, 1.82) is 0 Å².